The Kier molecular flexibility index (Phi) is 40.5. The molecule has 0 aliphatic heterocycles. The van der Waals surface area contributed by atoms with Gasteiger partial charge in [-0.2, -0.15) is 0 Å². The number of unbranched alkanes of at least 4 members (excludes halogenated alkanes) is 23. The van der Waals surface area contributed by atoms with Crippen LogP contribution in [0.3, 0.4) is 0 Å². The molecule has 0 amide bonds. The number of phosphoric ester groups is 1. The Morgan fingerprint density at radius 3 is 1.40 bits per heavy atom. The van der Waals surface area contributed by atoms with Crippen molar-refractivity contribution in [2.75, 3.05) is 26.4 Å². The lowest BCUT2D eigenvalue weighted by molar-refractivity contribution is -0.161. The van der Waals surface area contributed by atoms with Crippen molar-refractivity contribution in [1.29, 1.82) is 0 Å². The monoisotopic (exact) mass is 798 g/mol. The van der Waals surface area contributed by atoms with Crippen molar-refractivity contribution in [3.63, 3.8) is 0 Å². The van der Waals surface area contributed by atoms with E-state index in [2.05, 4.69) is 50.3 Å². The summed E-state index contributed by atoms with van der Waals surface area (Å²) in [4.78, 5) is 34.8. The van der Waals surface area contributed by atoms with Crippen LogP contribution in [-0.4, -0.2) is 49.3 Å². The van der Waals surface area contributed by atoms with Crippen LogP contribution in [0.2, 0.25) is 0 Å². The number of rotatable bonds is 42. The zero-order chi connectivity index (χ0) is 40.3. The number of hydrogen-bond acceptors (Lipinski definition) is 8. The fourth-order valence-corrected chi connectivity index (χ4v) is 6.94. The smallest absolute Gasteiger partial charge is 0.462 e. The molecule has 0 aliphatic carbocycles. The zero-order valence-electron chi connectivity index (χ0n) is 35.4. The number of ether oxygens (including phenoxy) is 2. The van der Waals surface area contributed by atoms with Crippen LogP contribution in [0.1, 0.15) is 206 Å². The Morgan fingerprint density at radius 2 is 0.945 bits per heavy atom. The van der Waals surface area contributed by atoms with Crippen LogP contribution in [0.15, 0.2) is 36.5 Å². The molecule has 322 valence electrons. The Hall–Kier alpha value is -1.77. The van der Waals surface area contributed by atoms with Crippen molar-refractivity contribution in [1.82, 2.24) is 0 Å². The van der Waals surface area contributed by atoms with Crippen LogP contribution in [0.25, 0.3) is 0 Å². The number of nitrogens with two attached hydrogens (primary N) is 1. The fourth-order valence-electron chi connectivity index (χ4n) is 6.17. The van der Waals surface area contributed by atoms with Gasteiger partial charge in [0.2, 0.25) is 0 Å². The Morgan fingerprint density at radius 1 is 0.545 bits per heavy atom. The molecule has 0 fully saturated rings. The third-order valence-corrected chi connectivity index (χ3v) is 10.5. The molecule has 10 heteroatoms. The highest BCUT2D eigenvalue weighted by molar-refractivity contribution is 7.47. The quantitative estimate of drug-likeness (QED) is 0.0268. The first-order valence-electron chi connectivity index (χ1n) is 22.5. The molecular formula is C45H84NO8P. The number of carbonyl (C=O) groups excluding carboxylic acids is 2. The lowest BCUT2D eigenvalue weighted by atomic mass is 10.1. The molecule has 0 aromatic carbocycles. The van der Waals surface area contributed by atoms with Gasteiger partial charge in [-0.1, -0.05) is 179 Å². The van der Waals surface area contributed by atoms with Gasteiger partial charge in [0, 0.05) is 19.4 Å². The number of carbonyl (C=O) groups is 2. The normalized spacial score (nSPS) is 13.6. The van der Waals surface area contributed by atoms with E-state index in [1.54, 1.807) is 0 Å². The van der Waals surface area contributed by atoms with Gasteiger partial charge in [0.1, 0.15) is 6.61 Å². The van der Waals surface area contributed by atoms with Gasteiger partial charge >= 0.3 is 19.8 Å². The predicted molar refractivity (Wildman–Crippen MR) is 229 cm³/mol. The van der Waals surface area contributed by atoms with Crippen molar-refractivity contribution in [2.45, 2.75) is 213 Å². The van der Waals surface area contributed by atoms with Gasteiger partial charge in [-0.15, -0.1) is 0 Å². The predicted octanol–water partition coefficient (Wildman–Crippen LogP) is 12.9. The first-order valence-corrected chi connectivity index (χ1v) is 24.0. The number of esters is 2. The summed E-state index contributed by atoms with van der Waals surface area (Å²) < 4.78 is 32.8. The summed E-state index contributed by atoms with van der Waals surface area (Å²) >= 11 is 0. The summed E-state index contributed by atoms with van der Waals surface area (Å²) in [5.74, 6) is -0.833. The molecule has 0 spiro atoms. The van der Waals surface area contributed by atoms with E-state index in [1.165, 1.54) is 116 Å². The lowest BCUT2D eigenvalue weighted by Crippen LogP contribution is -2.29. The summed E-state index contributed by atoms with van der Waals surface area (Å²) in [6.07, 6.45) is 46.0. The number of hydrogen-bond donors (Lipinski definition) is 2. The highest BCUT2D eigenvalue weighted by Crippen LogP contribution is 2.43. The molecular weight excluding hydrogens is 713 g/mol. The summed E-state index contributed by atoms with van der Waals surface area (Å²) in [6, 6.07) is 0. The number of phosphoric acid groups is 1. The van der Waals surface area contributed by atoms with Gasteiger partial charge < -0.3 is 20.1 Å². The second-order valence-electron chi connectivity index (χ2n) is 14.9. The molecule has 0 aromatic heterocycles. The van der Waals surface area contributed by atoms with Crippen LogP contribution in [0.4, 0.5) is 0 Å². The topological polar surface area (TPSA) is 134 Å². The van der Waals surface area contributed by atoms with E-state index in [9.17, 15) is 19.0 Å². The van der Waals surface area contributed by atoms with Crippen LogP contribution < -0.4 is 5.73 Å². The minimum absolute atomic E-state index is 0.0525. The van der Waals surface area contributed by atoms with E-state index < -0.39 is 26.5 Å². The zero-order valence-corrected chi connectivity index (χ0v) is 36.3. The molecule has 9 nitrogen and oxygen atoms in total. The molecule has 2 unspecified atom stereocenters. The van der Waals surface area contributed by atoms with Crippen LogP contribution >= 0.6 is 7.82 Å². The van der Waals surface area contributed by atoms with E-state index in [-0.39, 0.29) is 38.6 Å². The minimum atomic E-state index is -4.37. The highest BCUT2D eigenvalue weighted by atomic mass is 31.2. The van der Waals surface area contributed by atoms with Crippen LogP contribution in [0, 0.1) is 0 Å². The second kappa shape index (κ2) is 41.9. The maximum absolute atomic E-state index is 12.6. The average molecular weight is 798 g/mol. The molecule has 55 heavy (non-hydrogen) atoms. The number of allylic oxidation sites excluding steroid dienone is 6. The van der Waals surface area contributed by atoms with Gasteiger partial charge in [0.25, 0.3) is 0 Å². The summed E-state index contributed by atoms with van der Waals surface area (Å²) in [6.45, 7) is 3.71. The SMILES string of the molecule is CCCCCCC/C=C\C/C=C\C/C=C\CCCCCCCCCCC(=O)OC(COC(=O)CCCCCCCCCCCCC)COP(=O)(O)OCCN. The molecule has 0 aliphatic rings. The maximum atomic E-state index is 12.6. The first kappa shape index (κ1) is 53.2. The third kappa shape index (κ3) is 41.7. The highest BCUT2D eigenvalue weighted by Gasteiger charge is 2.26. The van der Waals surface area contributed by atoms with Crippen molar-refractivity contribution >= 4 is 19.8 Å². The molecule has 0 saturated heterocycles. The van der Waals surface area contributed by atoms with E-state index in [0.717, 1.165) is 57.8 Å². The van der Waals surface area contributed by atoms with Crippen molar-refractivity contribution < 1.29 is 37.6 Å². The second-order valence-corrected chi connectivity index (χ2v) is 16.4. The maximum Gasteiger partial charge on any atom is 0.472 e. The molecule has 2 atom stereocenters. The summed E-state index contributed by atoms with van der Waals surface area (Å²) in [5.41, 5.74) is 5.34. The fraction of sp³-hybridized carbons (Fsp3) is 0.822. The van der Waals surface area contributed by atoms with Gasteiger partial charge in [0.05, 0.1) is 13.2 Å². The summed E-state index contributed by atoms with van der Waals surface area (Å²) in [5, 5.41) is 0. The van der Waals surface area contributed by atoms with Crippen molar-refractivity contribution in [3.05, 3.63) is 36.5 Å². The van der Waals surface area contributed by atoms with Gasteiger partial charge in [-0.05, 0) is 51.4 Å². The molecule has 0 bridgehead atoms. The standard InChI is InChI=1S/C45H84NO8P/c1-3-5-7-9-11-13-15-16-17-18-19-20-21-22-23-24-25-26-28-30-32-34-36-38-45(48)54-43(42-53-55(49,50)52-40-39-46)41-51-44(47)37-35-33-31-29-27-14-12-10-8-6-4-2/h15-16,18-19,21-22,43H,3-14,17,20,23-42,46H2,1-2H3,(H,49,50)/b16-15-,19-18-,22-21-. The van der Waals surface area contributed by atoms with Gasteiger partial charge in [0.15, 0.2) is 6.10 Å². The third-order valence-electron chi connectivity index (χ3n) is 9.53. The molecule has 3 N–H and O–H groups in total. The average Bonchev–Trinajstić information content (AvgIpc) is 3.17. The Bertz CT molecular complexity index is 1000. The Labute approximate surface area is 337 Å². The van der Waals surface area contributed by atoms with Gasteiger partial charge in [-0.3, -0.25) is 18.6 Å². The van der Waals surface area contributed by atoms with Crippen LogP contribution in [0.5, 0.6) is 0 Å². The molecule has 0 rings (SSSR count). The largest absolute Gasteiger partial charge is 0.472 e. The van der Waals surface area contributed by atoms with Crippen molar-refractivity contribution in [2.24, 2.45) is 5.73 Å². The van der Waals surface area contributed by atoms with E-state index >= 15 is 0 Å². The summed E-state index contributed by atoms with van der Waals surface area (Å²) in [7, 11) is -4.37. The van der Waals surface area contributed by atoms with E-state index in [0.29, 0.717) is 6.42 Å². The van der Waals surface area contributed by atoms with E-state index in [1.807, 2.05) is 0 Å². The Balaban J connectivity index is 4.09. The molecule has 0 radical (unpaired) electrons. The van der Waals surface area contributed by atoms with Crippen LogP contribution in [-0.2, 0) is 32.7 Å². The molecule has 0 aromatic rings. The lowest BCUT2D eigenvalue weighted by Gasteiger charge is -2.19. The molecule has 0 saturated carbocycles. The molecule has 0 heterocycles. The van der Waals surface area contributed by atoms with Gasteiger partial charge in [-0.25, -0.2) is 4.57 Å². The first-order chi connectivity index (χ1) is 26.8. The van der Waals surface area contributed by atoms with E-state index in [4.69, 9.17) is 24.3 Å². The minimum Gasteiger partial charge on any atom is -0.462 e. The van der Waals surface area contributed by atoms with Crippen molar-refractivity contribution in [3.8, 4) is 0 Å².